The Bertz CT molecular complexity index is 655. The highest BCUT2D eigenvalue weighted by atomic mass is 16.2. The molecule has 1 aliphatic heterocycles. The van der Waals surface area contributed by atoms with Crippen LogP contribution in [0.4, 0.5) is 5.69 Å². The molecule has 1 fully saturated rings. The summed E-state index contributed by atoms with van der Waals surface area (Å²) in [5, 5.41) is 6.35. The van der Waals surface area contributed by atoms with E-state index < -0.39 is 0 Å². The lowest BCUT2D eigenvalue weighted by Gasteiger charge is -2.32. The monoisotopic (exact) mass is 286 g/mol. The van der Waals surface area contributed by atoms with Crippen LogP contribution in [0.2, 0.25) is 0 Å². The van der Waals surface area contributed by atoms with Crippen molar-refractivity contribution in [3.05, 3.63) is 24.5 Å². The second kappa shape index (κ2) is 5.48. The van der Waals surface area contributed by atoms with Gasteiger partial charge in [-0.05, 0) is 51.4 Å². The summed E-state index contributed by atoms with van der Waals surface area (Å²) in [7, 11) is 0. The van der Waals surface area contributed by atoms with Gasteiger partial charge >= 0.3 is 0 Å². The zero-order valence-corrected chi connectivity index (χ0v) is 12.6. The van der Waals surface area contributed by atoms with Crippen molar-refractivity contribution in [3.63, 3.8) is 0 Å². The van der Waals surface area contributed by atoms with Crippen LogP contribution in [0.1, 0.15) is 26.7 Å². The molecule has 5 nitrogen and oxygen atoms in total. The summed E-state index contributed by atoms with van der Waals surface area (Å²) < 4.78 is 2.09. The van der Waals surface area contributed by atoms with Crippen LogP contribution in [-0.4, -0.2) is 28.5 Å². The van der Waals surface area contributed by atoms with Gasteiger partial charge in [0.1, 0.15) is 0 Å². The van der Waals surface area contributed by atoms with E-state index in [1.165, 1.54) is 0 Å². The van der Waals surface area contributed by atoms with E-state index >= 15 is 0 Å². The molecule has 2 heterocycles. The van der Waals surface area contributed by atoms with Crippen LogP contribution in [0.5, 0.6) is 0 Å². The molecule has 0 bridgehead atoms. The zero-order valence-electron chi connectivity index (χ0n) is 12.6. The predicted octanol–water partition coefficient (Wildman–Crippen LogP) is 2.38. The fraction of sp³-hybridized carbons (Fsp3) is 0.500. The molecule has 0 saturated carbocycles. The largest absolute Gasteiger partial charge is 0.331 e. The number of nitrogens with zero attached hydrogens (tertiary/aromatic N) is 2. The molecular formula is C16H22N4O. The summed E-state index contributed by atoms with van der Waals surface area (Å²) >= 11 is 0. The molecule has 0 unspecified atom stereocenters. The van der Waals surface area contributed by atoms with Crippen molar-refractivity contribution in [3.8, 4) is 0 Å². The maximum Gasteiger partial charge on any atom is 0.231 e. The smallest absolute Gasteiger partial charge is 0.231 e. The molecule has 1 aliphatic rings. The van der Waals surface area contributed by atoms with Crippen molar-refractivity contribution in [2.45, 2.75) is 33.2 Å². The summed E-state index contributed by atoms with van der Waals surface area (Å²) in [6, 6.07) is 5.91. The molecular weight excluding hydrogens is 264 g/mol. The van der Waals surface area contributed by atoms with Gasteiger partial charge < -0.3 is 15.2 Å². The highest BCUT2D eigenvalue weighted by Crippen LogP contribution is 2.28. The third-order valence-corrected chi connectivity index (χ3v) is 4.37. The number of anilines is 1. The Kier molecular flexibility index (Phi) is 3.68. The van der Waals surface area contributed by atoms with E-state index in [-0.39, 0.29) is 11.3 Å². The number of nitrogens with one attached hydrogen (secondary N) is 2. The third-order valence-electron chi connectivity index (χ3n) is 4.37. The maximum atomic E-state index is 12.5. The highest BCUT2D eigenvalue weighted by molar-refractivity contribution is 5.96. The fourth-order valence-corrected chi connectivity index (χ4v) is 2.93. The lowest BCUT2D eigenvalue weighted by molar-refractivity contribution is -0.125. The van der Waals surface area contributed by atoms with Crippen molar-refractivity contribution >= 4 is 22.6 Å². The maximum absolute atomic E-state index is 12.5. The fourth-order valence-electron chi connectivity index (χ4n) is 2.93. The van der Waals surface area contributed by atoms with E-state index in [1.54, 1.807) is 0 Å². The zero-order chi connectivity index (χ0) is 14.9. The van der Waals surface area contributed by atoms with Gasteiger partial charge in [-0.2, -0.15) is 0 Å². The second-order valence-corrected chi connectivity index (χ2v) is 6.03. The number of hydrogen-bond donors (Lipinski definition) is 2. The number of amides is 1. The Morgan fingerprint density at radius 1 is 1.52 bits per heavy atom. The summed E-state index contributed by atoms with van der Waals surface area (Å²) in [5.41, 5.74) is 2.51. The number of rotatable bonds is 3. The summed E-state index contributed by atoms with van der Waals surface area (Å²) in [6.45, 7) is 6.76. The summed E-state index contributed by atoms with van der Waals surface area (Å²) in [4.78, 5) is 16.9. The SMILES string of the molecule is CCn1cnc2cc(NC(=O)[C@@]3(C)CCCNC3)ccc21. The van der Waals surface area contributed by atoms with Crippen LogP contribution in [-0.2, 0) is 11.3 Å². The molecule has 3 rings (SSSR count). The first-order valence-electron chi connectivity index (χ1n) is 7.59. The van der Waals surface area contributed by atoms with Crippen molar-refractivity contribution in [2.24, 2.45) is 5.41 Å². The molecule has 0 radical (unpaired) electrons. The lowest BCUT2D eigenvalue weighted by Crippen LogP contribution is -2.46. The molecule has 0 spiro atoms. The van der Waals surface area contributed by atoms with Crippen molar-refractivity contribution in [2.75, 3.05) is 18.4 Å². The molecule has 112 valence electrons. The van der Waals surface area contributed by atoms with E-state index in [4.69, 9.17) is 0 Å². The van der Waals surface area contributed by atoms with Gasteiger partial charge in [-0.3, -0.25) is 4.79 Å². The first kappa shape index (κ1) is 14.1. The lowest BCUT2D eigenvalue weighted by atomic mass is 9.82. The Balaban J connectivity index is 1.79. The first-order valence-corrected chi connectivity index (χ1v) is 7.59. The van der Waals surface area contributed by atoms with Gasteiger partial charge in [0.15, 0.2) is 0 Å². The van der Waals surface area contributed by atoms with Crippen molar-refractivity contribution in [1.29, 1.82) is 0 Å². The van der Waals surface area contributed by atoms with Crippen molar-refractivity contribution < 1.29 is 4.79 Å². The van der Waals surface area contributed by atoms with Gasteiger partial charge in [-0.15, -0.1) is 0 Å². The Labute approximate surface area is 124 Å². The van der Waals surface area contributed by atoms with Crippen molar-refractivity contribution in [1.82, 2.24) is 14.9 Å². The van der Waals surface area contributed by atoms with Crippen LogP contribution in [0.3, 0.4) is 0 Å². The molecule has 5 heteroatoms. The molecule has 1 amide bonds. The number of fused-ring (bicyclic) bond motifs is 1. The van der Waals surface area contributed by atoms with Gasteiger partial charge in [0, 0.05) is 18.8 Å². The highest BCUT2D eigenvalue weighted by Gasteiger charge is 2.34. The van der Waals surface area contributed by atoms with Crippen LogP contribution in [0.15, 0.2) is 24.5 Å². The quantitative estimate of drug-likeness (QED) is 0.911. The molecule has 0 aliphatic carbocycles. The number of benzene rings is 1. The molecule has 1 saturated heterocycles. The van der Waals surface area contributed by atoms with E-state index in [2.05, 4.69) is 27.1 Å². The summed E-state index contributed by atoms with van der Waals surface area (Å²) in [6.07, 6.45) is 3.81. The number of imidazole rings is 1. The molecule has 2 aromatic rings. The first-order chi connectivity index (χ1) is 10.1. The minimum absolute atomic E-state index is 0.0870. The Hall–Kier alpha value is -1.88. The van der Waals surface area contributed by atoms with Gasteiger partial charge in [-0.25, -0.2) is 4.98 Å². The number of piperidine rings is 1. The molecule has 1 aromatic heterocycles. The molecule has 21 heavy (non-hydrogen) atoms. The standard InChI is InChI=1S/C16H22N4O/c1-3-20-11-18-13-9-12(5-6-14(13)20)19-15(21)16(2)7-4-8-17-10-16/h5-6,9,11,17H,3-4,7-8,10H2,1-2H3,(H,19,21)/t16-/m0/s1. The Morgan fingerprint density at radius 3 is 3.10 bits per heavy atom. The van der Waals surface area contributed by atoms with Crippen LogP contribution >= 0.6 is 0 Å². The average Bonchev–Trinajstić information content (AvgIpc) is 2.90. The number of aryl methyl sites for hydroxylation is 1. The minimum atomic E-state index is -0.323. The number of carbonyl (C=O) groups excluding carboxylic acids is 1. The predicted molar refractivity (Wildman–Crippen MR) is 84.2 cm³/mol. The van der Waals surface area contributed by atoms with E-state index in [0.717, 1.165) is 49.2 Å². The summed E-state index contributed by atoms with van der Waals surface area (Å²) in [5.74, 6) is 0.0870. The second-order valence-electron chi connectivity index (χ2n) is 6.03. The van der Waals surface area contributed by atoms with E-state index in [0.29, 0.717) is 0 Å². The minimum Gasteiger partial charge on any atom is -0.331 e. The van der Waals surface area contributed by atoms with Crippen LogP contribution in [0.25, 0.3) is 11.0 Å². The van der Waals surface area contributed by atoms with E-state index in [9.17, 15) is 4.79 Å². The number of carbonyl (C=O) groups is 1. The average molecular weight is 286 g/mol. The number of hydrogen-bond acceptors (Lipinski definition) is 3. The molecule has 1 atom stereocenters. The normalized spacial score (nSPS) is 22.4. The van der Waals surface area contributed by atoms with Crippen LogP contribution < -0.4 is 10.6 Å². The van der Waals surface area contributed by atoms with Gasteiger partial charge in [0.25, 0.3) is 0 Å². The van der Waals surface area contributed by atoms with E-state index in [1.807, 2.05) is 31.5 Å². The van der Waals surface area contributed by atoms with Gasteiger partial charge in [0.2, 0.25) is 5.91 Å². The number of aromatic nitrogens is 2. The van der Waals surface area contributed by atoms with Crippen LogP contribution in [0, 0.1) is 5.41 Å². The van der Waals surface area contributed by atoms with Gasteiger partial charge in [-0.1, -0.05) is 0 Å². The van der Waals surface area contributed by atoms with Gasteiger partial charge in [0.05, 0.1) is 22.8 Å². The third kappa shape index (κ3) is 2.65. The Morgan fingerprint density at radius 2 is 2.38 bits per heavy atom. The molecule has 1 aromatic carbocycles. The topological polar surface area (TPSA) is 59.0 Å². The molecule has 2 N–H and O–H groups in total.